The first kappa shape index (κ1) is 28.2. The molecule has 2 unspecified atom stereocenters. The normalized spacial score (nSPS) is 19.4. The Kier molecular flexibility index (Phi) is 8.23. The fraction of sp³-hybridized carbons (Fsp3) is 0.241. The number of rotatable bonds is 8. The van der Waals surface area contributed by atoms with E-state index in [1.54, 1.807) is 0 Å². The van der Waals surface area contributed by atoms with Crippen LogP contribution in [0.3, 0.4) is 0 Å². The number of carboxylic acids is 1. The van der Waals surface area contributed by atoms with Crippen LogP contribution in [0, 0.1) is 0 Å². The monoisotopic (exact) mass is 597 g/mol. The molecule has 0 bridgehead atoms. The molecule has 1 amide bonds. The van der Waals surface area contributed by atoms with Gasteiger partial charge in [0.25, 0.3) is 5.91 Å². The van der Waals surface area contributed by atoms with Crippen molar-refractivity contribution in [1.29, 1.82) is 0 Å². The Morgan fingerprint density at radius 3 is 2.30 bits per heavy atom. The molecule has 0 saturated carbocycles. The first-order valence-corrected chi connectivity index (χ1v) is 15.6. The summed E-state index contributed by atoms with van der Waals surface area (Å²) in [6.45, 7) is 2.25. The molecule has 1 saturated heterocycles. The highest BCUT2D eigenvalue weighted by Crippen LogP contribution is 2.41. The van der Waals surface area contributed by atoms with Crippen molar-refractivity contribution in [3.05, 3.63) is 100 Å². The van der Waals surface area contributed by atoms with Gasteiger partial charge in [0.1, 0.15) is 6.04 Å². The number of sulfonamides is 1. The molecule has 40 heavy (non-hydrogen) atoms. The number of hydrogen-bond donors (Lipinski definition) is 3. The third-order valence-corrected chi connectivity index (χ3v) is 10.3. The predicted molar refractivity (Wildman–Crippen MR) is 157 cm³/mol. The summed E-state index contributed by atoms with van der Waals surface area (Å²) in [5, 5.41) is 16.4. The van der Waals surface area contributed by atoms with E-state index in [4.69, 9.17) is 11.6 Å². The lowest BCUT2D eigenvalue weighted by Crippen LogP contribution is -2.40. The molecular weight excluding hydrogens is 570 g/mol. The van der Waals surface area contributed by atoms with E-state index in [2.05, 4.69) is 41.8 Å². The van der Waals surface area contributed by atoms with Crippen molar-refractivity contribution in [1.82, 2.24) is 14.9 Å². The number of nitrogens with one attached hydrogen (secondary N) is 2. The molecule has 11 heteroatoms. The van der Waals surface area contributed by atoms with Crippen LogP contribution in [0.5, 0.6) is 0 Å². The second-order valence-corrected chi connectivity index (χ2v) is 13.0. The smallest absolute Gasteiger partial charge is 0.322 e. The van der Waals surface area contributed by atoms with Crippen molar-refractivity contribution in [2.24, 2.45) is 0 Å². The topological polar surface area (TPSA) is 116 Å². The van der Waals surface area contributed by atoms with E-state index >= 15 is 0 Å². The molecule has 3 aromatic carbocycles. The highest BCUT2D eigenvalue weighted by molar-refractivity contribution is 8.09. The van der Waals surface area contributed by atoms with Gasteiger partial charge in [0.05, 0.1) is 10.6 Å². The Hall–Kier alpha value is -3.31. The van der Waals surface area contributed by atoms with E-state index in [9.17, 15) is 23.1 Å². The zero-order valence-electron chi connectivity index (χ0n) is 21.6. The lowest BCUT2D eigenvalue weighted by Gasteiger charge is -2.21. The molecular formula is C29H28ClN3O5S2. The van der Waals surface area contributed by atoms with Crippen LogP contribution in [0.2, 0.25) is 5.02 Å². The second kappa shape index (κ2) is 11.7. The third kappa shape index (κ3) is 5.76. The fourth-order valence-corrected chi connectivity index (χ4v) is 7.72. The van der Waals surface area contributed by atoms with E-state index in [0.717, 1.165) is 32.5 Å². The van der Waals surface area contributed by atoms with Crippen LogP contribution in [0.4, 0.5) is 0 Å². The molecule has 0 aromatic heterocycles. The van der Waals surface area contributed by atoms with Gasteiger partial charge < -0.3 is 15.7 Å². The number of thioether (sulfide) groups is 1. The van der Waals surface area contributed by atoms with Crippen LogP contribution in [0.1, 0.15) is 46.8 Å². The van der Waals surface area contributed by atoms with Gasteiger partial charge in [-0.05, 0) is 72.4 Å². The number of nitrogens with zero attached hydrogens (tertiary/aromatic N) is 1. The van der Waals surface area contributed by atoms with Gasteiger partial charge in [0.15, 0.2) is 5.50 Å². The van der Waals surface area contributed by atoms with Gasteiger partial charge in [-0.3, -0.25) is 9.59 Å². The Bertz CT molecular complexity index is 1560. The minimum absolute atomic E-state index is 0.0462. The molecule has 5 rings (SSSR count). The highest BCUT2D eigenvalue weighted by atomic mass is 35.5. The van der Waals surface area contributed by atoms with E-state index in [1.165, 1.54) is 41.6 Å². The van der Waals surface area contributed by atoms with Gasteiger partial charge in [-0.1, -0.05) is 66.7 Å². The van der Waals surface area contributed by atoms with Crippen molar-refractivity contribution in [3.8, 4) is 0 Å². The van der Waals surface area contributed by atoms with Crippen LogP contribution in [-0.4, -0.2) is 47.8 Å². The first-order valence-electron chi connectivity index (χ1n) is 12.9. The van der Waals surface area contributed by atoms with E-state index in [-0.39, 0.29) is 29.3 Å². The number of aryl methyl sites for hydroxylation is 1. The summed E-state index contributed by atoms with van der Waals surface area (Å²) in [5.41, 5.74) is 3.87. The van der Waals surface area contributed by atoms with Gasteiger partial charge in [0.2, 0.25) is 10.0 Å². The highest BCUT2D eigenvalue weighted by Gasteiger charge is 2.39. The molecule has 2 aliphatic heterocycles. The number of benzene rings is 3. The van der Waals surface area contributed by atoms with Crippen LogP contribution in [0.15, 0.2) is 77.7 Å². The fourth-order valence-electron chi connectivity index (χ4n) is 4.79. The molecule has 2 aliphatic rings. The average molecular weight is 598 g/mol. The Labute approximate surface area is 242 Å². The van der Waals surface area contributed by atoms with Crippen LogP contribution < -0.4 is 10.6 Å². The number of carbonyl (C=O) groups is 2. The number of carboxylic acid groups (broad SMARTS) is 1. The summed E-state index contributed by atoms with van der Waals surface area (Å²) < 4.78 is 27.1. The van der Waals surface area contributed by atoms with Crippen molar-refractivity contribution < 1.29 is 23.1 Å². The molecule has 8 nitrogen and oxygen atoms in total. The maximum absolute atomic E-state index is 13.1. The van der Waals surface area contributed by atoms with Crippen molar-refractivity contribution >= 4 is 55.9 Å². The van der Waals surface area contributed by atoms with E-state index in [1.807, 2.05) is 24.3 Å². The second-order valence-electron chi connectivity index (χ2n) is 9.51. The summed E-state index contributed by atoms with van der Waals surface area (Å²) in [4.78, 5) is 25.6. The minimum atomic E-state index is -3.99. The largest absolute Gasteiger partial charge is 0.480 e. The van der Waals surface area contributed by atoms with E-state index in [0.29, 0.717) is 11.4 Å². The number of amides is 1. The Morgan fingerprint density at radius 2 is 1.68 bits per heavy atom. The molecule has 2 atom stereocenters. The SMILES string of the molecule is CCc1ccc(C2=C(c3ccc(Cl)cc3)NC(NC(=O)c3ccc(S(=O)(=O)N4CCCC4C(=O)O)cc3)S2)cc1. The van der Waals surface area contributed by atoms with Crippen LogP contribution in [-0.2, 0) is 21.2 Å². The summed E-state index contributed by atoms with van der Waals surface area (Å²) in [6, 6.07) is 20.3. The summed E-state index contributed by atoms with van der Waals surface area (Å²) in [6.07, 6.45) is 1.70. The molecule has 1 fully saturated rings. The number of carbonyl (C=O) groups excluding carboxylic acids is 1. The zero-order valence-corrected chi connectivity index (χ0v) is 24.0. The van der Waals surface area contributed by atoms with Crippen LogP contribution in [0.25, 0.3) is 10.6 Å². The number of hydrogen-bond acceptors (Lipinski definition) is 6. The molecule has 0 radical (unpaired) electrons. The summed E-state index contributed by atoms with van der Waals surface area (Å²) >= 11 is 7.58. The van der Waals surface area contributed by atoms with Gasteiger partial charge in [-0.2, -0.15) is 4.31 Å². The standard InChI is InChI=1S/C29H28ClN3O5S2/c1-2-18-5-7-20(8-6-18)26-25(19-9-13-22(30)14-10-19)31-29(39-26)32-27(34)21-11-15-23(16-12-21)40(37,38)33-17-3-4-24(33)28(35)36/h5-16,24,29,31H,2-4,17H2,1H3,(H,32,34)(H,35,36). The maximum Gasteiger partial charge on any atom is 0.322 e. The van der Waals surface area contributed by atoms with Gasteiger partial charge in [0, 0.05) is 22.0 Å². The summed E-state index contributed by atoms with van der Waals surface area (Å²) in [7, 11) is -3.99. The van der Waals surface area contributed by atoms with Crippen LogP contribution >= 0.6 is 23.4 Å². The predicted octanol–water partition coefficient (Wildman–Crippen LogP) is 5.02. The quantitative estimate of drug-likeness (QED) is 0.334. The maximum atomic E-state index is 13.1. The lowest BCUT2D eigenvalue weighted by atomic mass is 10.1. The lowest BCUT2D eigenvalue weighted by molar-refractivity contribution is -0.140. The minimum Gasteiger partial charge on any atom is -0.480 e. The average Bonchev–Trinajstić information content (AvgIpc) is 3.62. The first-order chi connectivity index (χ1) is 19.2. The molecule has 0 aliphatic carbocycles. The molecule has 0 spiro atoms. The zero-order chi connectivity index (χ0) is 28.4. The third-order valence-electron chi connectivity index (χ3n) is 6.97. The molecule has 208 valence electrons. The molecule has 3 N–H and O–H groups in total. The van der Waals surface area contributed by atoms with E-state index < -0.39 is 27.5 Å². The van der Waals surface area contributed by atoms with Gasteiger partial charge >= 0.3 is 5.97 Å². The van der Waals surface area contributed by atoms with Crippen molar-refractivity contribution in [2.45, 2.75) is 42.6 Å². The number of halogens is 1. The molecule has 3 aromatic rings. The Balaban J connectivity index is 1.33. The van der Waals surface area contributed by atoms with Gasteiger partial charge in [-0.25, -0.2) is 8.42 Å². The van der Waals surface area contributed by atoms with Crippen molar-refractivity contribution in [2.75, 3.05) is 6.54 Å². The van der Waals surface area contributed by atoms with Crippen molar-refractivity contribution in [3.63, 3.8) is 0 Å². The van der Waals surface area contributed by atoms with Gasteiger partial charge in [-0.15, -0.1) is 0 Å². The summed E-state index contributed by atoms with van der Waals surface area (Å²) in [5.74, 6) is -1.54. The Morgan fingerprint density at radius 1 is 1.02 bits per heavy atom. The number of aliphatic carboxylic acids is 1. The molecule has 2 heterocycles.